The number of carbonyl (C=O) groups is 11. The number of amides is 9. The molecule has 3 rings (SSSR count). The van der Waals surface area contributed by atoms with Gasteiger partial charge in [0, 0.05) is 100 Å². The number of benzene rings is 1. The van der Waals surface area contributed by atoms with Crippen LogP contribution < -0.4 is 10.6 Å². The number of ketones is 2. The third-order valence-electron chi connectivity index (χ3n) is 21.5. The summed E-state index contributed by atoms with van der Waals surface area (Å²) in [6, 6.07) is -1.11. The van der Waals surface area contributed by atoms with Gasteiger partial charge in [0.2, 0.25) is 53.2 Å². The summed E-state index contributed by atoms with van der Waals surface area (Å²) < 4.78 is 12.0. The van der Waals surface area contributed by atoms with Crippen LogP contribution in [0.3, 0.4) is 0 Å². The van der Waals surface area contributed by atoms with Gasteiger partial charge in [0.1, 0.15) is 48.3 Å². The molecule has 2 aliphatic rings. The van der Waals surface area contributed by atoms with Crippen LogP contribution in [0.15, 0.2) is 30.3 Å². The van der Waals surface area contributed by atoms with Gasteiger partial charge in [0.05, 0.1) is 31.5 Å². The molecule has 598 valence electrons. The second kappa shape index (κ2) is 44.8. The first kappa shape index (κ1) is 92.8. The molecule has 0 bridgehead atoms. The van der Waals surface area contributed by atoms with Crippen molar-refractivity contribution in [2.45, 2.75) is 261 Å². The van der Waals surface area contributed by atoms with E-state index in [9.17, 15) is 19.5 Å². The van der Waals surface area contributed by atoms with E-state index in [0.29, 0.717) is 32.5 Å². The molecule has 9 amide bonds. The summed E-state index contributed by atoms with van der Waals surface area (Å²) >= 11 is 0. The Bertz CT molecular complexity index is 2950. The molecule has 0 radical (unpaired) electrons. The number of rotatable bonds is 26. The van der Waals surface area contributed by atoms with Crippen molar-refractivity contribution in [2.75, 3.05) is 102 Å². The number of likely N-dealkylation sites (N-methyl/N-ethyl adjacent to an activating group) is 7. The number of hydrogen-bond acceptors (Lipinski definition) is 16. The molecular formula is C80H139N11O14. The molecule has 14 atom stereocenters. The molecule has 3 N–H and O–H groups in total. The summed E-state index contributed by atoms with van der Waals surface area (Å²) in [6.45, 7) is 33.8. The Hall–Kier alpha value is -6.41. The number of aliphatic hydroxyl groups is 1. The highest BCUT2D eigenvalue weighted by Crippen LogP contribution is 2.29. The van der Waals surface area contributed by atoms with Gasteiger partial charge in [-0.3, -0.25) is 57.6 Å². The maximum absolute atomic E-state index is 15.6. The Labute approximate surface area is 630 Å². The van der Waals surface area contributed by atoms with Gasteiger partial charge in [-0.25, -0.2) is 0 Å². The topological polar surface area (TPSA) is 280 Å². The van der Waals surface area contributed by atoms with Crippen LogP contribution >= 0.6 is 0 Å². The molecule has 0 aliphatic carbocycles. The first-order valence-electron chi connectivity index (χ1n) is 39.0. The molecule has 2 heterocycles. The number of nitrogens with one attached hydrogen (secondary N) is 2. The Kier molecular flexibility index (Phi) is 39.6. The number of nitrogens with zero attached hydrogens (tertiary/aromatic N) is 9. The van der Waals surface area contributed by atoms with Crippen LogP contribution in [0.2, 0.25) is 0 Å². The zero-order chi connectivity index (χ0) is 79.6. The second-order valence-corrected chi connectivity index (χ2v) is 32.4. The van der Waals surface area contributed by atoms with Gasteiger partial charge in [-0.2, -0.15) is 0 Å². The molecule has 1 aromatic rings. The Balaban J connectivity index is 2.30. The lowest BCUT2D eigenvalue weighted by Gasteiger charge is -2.41. The summed E-state index contributed by atoms with van der Waals surface area (Å²) in [4.78, 5) is 179. The van der Waals surface area contributed by atoms with Crippen LogP contribution in [0.1, 0.15) is 193 Å². The molecule has 2 saturated heterocycles. The third kappa shape index (κ3) is 27.6. The van der Waals surface area contributed by atoms with Gasteiger partial charge < -0.3 is 64.4 Å². The highest BCUT2D eigenvalue weighted by atomic mass is 16.5. The standard InChI is InChI=1S/C80H139N11O14/c1-25-62-77(100)84(18)58(15)75(98)89(23)69(59(16)105-41-33-32-38-91-39-42-104-43-40-91)67(93)48-61(53(8)9)76(99)85(19)63(44-50(2)3)66(92)47-56(13)72(95)81-57(14)74(97)86(20)64(45-51(4)5)78(101)87(21)65(46-52(6)7)79(102)88(22)68(54(10)11)80(103)90(24)70(73(96)82-62)71(94)55(12)34-28-27-31-37-83(17)49-60-35-29-26-30-36-60/h26,29-30,35-36,50-59,61-65,68-71,94H,25,27-28,31-34,37-49H2,1-24H3,(H,81,95)(H,82,96)/t55-,56-,57-,58-,59-,61+,62+,63+,64+,65+,68+,69+,70+,71-/m1/s1. The van der Waals surface area contributed by atoms with Crippen molar-refractivity contribution in [3.8, 4) is 0 Å². The van der Waals surface area contributed by atoms with Gasteiger partial charge >= 0.3 is 0 Å². The van der Waals surface area contributed by atoms with Crippen LogP contribution in [0, 0.1) is 47.3 Å². The van der Waals surface area contributed by atoms with E-state index in [-0.39, 0.29) is 62.9 Å². The zero-order valence-electron chi connectivity index (χ0n) is 68.8. The van der Waals surface area contributed by atoms with Gasteiger partial charge in [0.25, 0.3) is 0 Å². The van der Waals surface area contributed by atoms with E-state index >= 15 is 38.4 Å². The first-order valence-corrected chi connectivity index (χ1v) is 39.0. The minimum Gasteiger partial charge on any atom is -0.390 e. The number of aliphatic hydroxyl groups excluding tert-OH is 1. The van der Waals surface area contributed by atoms with Gasteiger partial charge in [-0.1, -0.05) is 133 Å². The fourth-order valence-corrected chi connectivity index (χ4v) is 14.6. The smallest absolute Gasteiger partial charge is 0.246 e. The molecule has 1 aromatic carbocycles. The molecule has 25 nitrogen and oxygen atoms in total. The van der Waals surface area contributed by atoms with Crippen molar-refractivity contribution in [3.63, 3.8) is 0 Å². The molecule has 0 spiro atoms. The average Bonchev–Trinajstić information content (AvgIpc) is 0.803. The number of Topliss-reactive ketones (excluding diaryl/α,β-unsaturated/α-hetero) is 2. The van der Waals surface area contributed by atoms with Crippen LogP contribution in [-0.2, 0) is 68.8 Å². The lowest BCUT2D eigenvalue weighted by molar-refractivity contribution is -0.157. The van der Waals surface area contributed by atoms with Crippen molar-refractivity contribution in [1.82, 2.24) is 54.7 Å². The van der Waals surface area contributed by atoms with Crippen LogP contribution in [0.5, 0.6) is 0 Å². The number of hydrogen-bond donors (Lipinski definition) is 3. The summed E-state index contributed by atoms with van der Waals surface area (Å²) in [5.74, 6) is -10.8. The summed E-state index contributed by atoms with van der Waals surface area (Å²) in [6.07, 6.45) is 1.68. The number of unbranched alkanes of at least 4 members (excludes halogenated alkanes) is 3. The van der Waals surface area contributed by atoms with Crippen molar-refractivity contribution in [3.05, 3.63) is 35.9 Å². The Morgan fingerprint density at radius 1 is 0.533 bits per heavy atom. The van der Waals surface area contributed by atoms with E-state index in [1.165, 1.54) is 98.1 Å². The summed E-state index contributed by atoms with van der Waals surface area (Å²) in [7, 11) is 12.3. The fourth-order valence-electron chi connectivity index (χ4n) is 14.6. The highest BCUT2D eigenvalue weighted by Gasteiger charge is 2.47. The van der Waals surface area contributed by atoms with Crippen LogP contribution in [0.25, 0.3) is 0 Å². The zero-order valence-corrected chi connectivity index (χ0v) is 68.8. The quantitative estimate of drug-likeness (QED) is 0.0785. The number of carbonyl (C=O) groups excluding carboxylic acids is 11. The molecule has 0 saturated carbocycles. The molecule has 2 fully saturated rings. The van der Waals surface area contributed by atoms with E-state index < -0.39 is 161 Å². The molecule has 0 unspecified atom stereocenters. The highest BCUT2D eigenvalue weighted by molar-refractivity contribution is 6.00. The van der Waals surface area contributed by atoms with E-state index in [0.717, 1.165) is 56.9 Å². The van der Waals surface area contributed by atoms with Crippen LogP contribution in [0.4, 0.5) is 0 Å². The van der Waals surface area contributed by atoms with E-state index in [1.54, 1.807) is 55.4 Å². The lowest BCUT2D eigenvalue weighted by Crippen LogP contribution is -2.64. The minimum atomic E-state index is -1.63. The maximum atomic E-state index is 15.6. The lowest BCUT2D eigenvalue weighted by atomic mass is 9.85. The summed E-state index contributed by atoms with van der Waals surface area (Å²) in [5.41, 5.74) is 1.20. The second-order valence-electron chi connectivity index (χ2n) is 32.4. The normalized spacial score (nSPS) is 26.2. The maximum Gasteiger partial charge on any atom is 0.246 e. The molecule has 25 heteroatoms. The molecule has 105 heavy (non-hydrogen) atoms. The van der Waals surface area contributed by atoms with Crippen molar-refractivity contribution in [1.29, 1.82) is 0 Å². The molecule has 2 aliphatic heterocycles. The SMILES string of the molecule is CC[C@@H]1NC(=O)[C@H]([C@H](O)[C@H](C)CCCCCN(C)Cc2ccccc2)N(C)C(=O)[C@H](C(C)C)N(C)C(=O)[C@H](CC(C)C)N(C)C(=O)[C@H](CC(C)C)N(C)C(=O)[C@@H](C)NC(=O)[C@H](C)CC(=O)[C@H](CC(C)C)N(C)C(=O)[C@H](C(C)C)CC(=O)[C@H]([C@@H](C)OCCCCN2CCOCC2)N(C)C(=O)[C@@H](C)N(C)C1=O. The van der Waals surface area contributed by atoms with Crippen molar-refractivity contribution in [2.24, 2.45) is 47.3 Å². The number of ether oxygens (including phenoxy) is 2. The van der Waals surface area contributed by atoms with Crippen molar-refractivity contribution < 1.29 is 67.3 Å². The fraction of sp³-hybridized carbons (Fsp3) is 0.787. The predicted molar refractivity (Wildman–Crippen MR) is 410 cm³/mol. The van der Waals surface area contributed by atoms with E-state index in [1.807, 2.05) is 59.7 Å². The minimum absolute atomic E-state index is 0.00496. The van der Waals surface area contributed by atoms with Crippen molar-refractivity contribution >= 4 is 64.7 Å². The molecule has 0 aromatic heterocycles. The van der Waals surface area contributed by atoms with Crippen LogP contribution in [-0.4, -0.2) is 283 Å². The van der Waals surface area contributed by atoms with Gasteiger partial charge in [-0.05, 0) is 133 Å². The monoisotopic (exact) mass is 1480 g/mol. The third-order valence-corrected chi connectivity index (χ3v) is 21.5. The largest absolute Gasteiger partial charge is 0.390 e. The average molecular weight is 1480 g/mol. The van der Waals surface area contributed by atoms with E-state index in [2.05, 4.69) is 39.6 Å². The van der Waals surface area contributed by atoms with Gasteiger partial charge in [-0.15, -0.1) is 0 Å². The Morgan fingerprint density at radius 2 is 1.06 bits per heavy atom. The predicted octanol–water partition coefficient (Wildman–Crippen LogP) is 7.04. The molecular weight excluding hydrogens is 1340 g/mol. The summed E-state index contributed by atoms with van der Waals surface area (Å²) in [5, 5.41) is 18.3. The van der Waals surface area contributed by atoms with E-state index in [4.69, 9.17) is 9.47 Å². The number of morpholine rings is 1. The first-order chi connectivity index (χ1) is 49.1. The van der Waals surface area contributed by atoms with Gasteiger partial charge in [0.15, 0.2) is 11.6 Å². The Morgan fingerprint density at radius 3 is 1.60 bits per heavy atom.